The molecular weight excluding hydrogens is 310 g/mol. The molecule has 0 bridgehead atoms. The molecule has 0 saturated heterocycles. The predicted octanol–water partition coefficient (Wildman–Crippen LogP) is 3.75. The molecule has 1 heterocycles. The van der Waals surface area contributed by atoms with Crippen LogP contribution in [0.15, 0.2) is 39.2 Å². The number of esters is 1. The summed E-state index contributed by atoms with van der Waals surface area (Å²) in [6.07, 6.45) is 0. The maximum absolute atomic E-state index is 11.5. The Labute approximate surface area is 119 Å². The first-order chi connectivity index (χ1) is 9.10. The number of hydrogen-bond donors (Lipinski definition) is 1. The van der Waals surface area contributed by atoms with Crippen molar-refractivity contribution in [3.8, 4) is 0 Å². The van der Waals surface area contributed by atoms with Crippen molar-refractivity contribution in [1.29, 1.82) is 0 Å². The van der Waals surface area contributed by atoms with Gasteiger partial charge in [0.2, 0.25) is 0 Å². The molecule has 1 aromatic heterocycles. The Kier molecular flexibility index (Phi) is 4.27. The van der Waals surface area contributed by atoms with Gasteiger partial charge < -0.3 is 14.5 Å². The SMILES string of the molecule is COC(=O)c1cc(CNc2cccc(Br)c2)oc1C. The molecule has 0 fully saturated rings. The zero-order chi connectivity index (χ0) is 13.8. The highest BCUT2D eigenvalue weighted by Gasteiger charge is 2.14. The van der Waals surface area contributed by atoms with E-state index in [4.69, 9.17) is 4.42 Å². The first-order valence-corrected chi connectivity index (χ1v) is 6.56. The standard InChI is InChI=1S/C14H14BrNO3/c1-9-13(14(17)18-2)7-12(19-9)8-16-11-5-3-4-10(15)6-11/h3-7,16H,8H2,1-2H3. The van der Waals surface area contributed by atoms with Crippen molar-refractivity contribution < 1.29 is 13.9 Å². The molecule has 1 N–H and O–H groups in total. The molecule has 5 heteroatoms. The number of benzene rings is 1. The fourth-order valence-electron chi connectivity index (χ4n) is 1.73. The fraction of sp³-hybridized carbons (Fsp3) is 0.214. The topological polar surface area (TPSA) is 51.5 Å². The van der Waals surface area contributed by atoms with E-state index >= 15 is 0 Å². The van der Waals surface area contributed by atoms with Crippen LogP contribution in [0.5, 0.6) is 0 Å². The molecular formula is C14H14BrNO3. The molecule has 0 spiro atoms. The van der Waals surface area contributed by atoms with Crippen molar-refractivity contribution >= 4 is 27.6 Å². The summed E-state index contributed by atoms with van der Waals surface area (Å²) in [7, 11) is 1.36. The van der Waals surface area contributed by atoms with Crippen molar-refractivity contribution in [2.75, 3.05) is 12.4 Å². The Morgan fingerprint density at radius 2 is 2.21 bits per heavy atom. The Morgan fingerprint density at radius 3 is 2.89 bits per heavy atom. The third-order valence-corrected chi connectivity index (χ3v) is 3.16. The lowest BCUT2D eigenvalue weighted by molar-refractivity contribution is 0.0599. The van der Waals surface area contributed by atoms with Crippen LogP contribution in [-0.2, 0) is 11.3 Å². The minimum Gasteiger partial charge on any atom is -0.465 e. The number of methoxy groups -OCH3 is 1. The average molecular weight is 324 g/mol. The van der Waals surface area contributed by atoms with E-state index in [9.17, 15) is 4.79 Å². The number of furan rings is 1. The average Bonchev–Trinajstić information content (AvgIpc) is 2.77. The summed E-state index contributed by atoms with van der Waals surface area (Å²) >= 11 is 3.41. The molecule has 2 aromatic rings. The van der Waals surface area contributed by atoms with E-state index in [0.717, 1.165) is 10.2 Å². The second-order valence-corrected chi connectivity index (χ2v) is 4.95. The third-order valence-electron chi connectivity index (χ3n) is 2.67. The van der Waals surface area contributed by atoms with E-state index in [0.29, 0.717) is 23.6 Å². The molecule has 0 amide bonds. The van der Waals surface area contributed by atoms with Gasteiger partial charge in [0.1, 0.15) is 17.1 Å². The van der Waals surface area contributed by atoms with Gasteiger partial charge in [-0.1, -0.05) is 22.0 Å². The monoisotopic (exact) mass is 323 g/mol. The van der Waals surface area contributed by atoms with Crippen LogP contribution in [0.25, 0.3) is 0 Å². The molecule has 0 aliphatic heterocycles. The van der Waals surface area contributed by atoms with Gasteiger partial charge in [0, 0.05) is 10.2 Å². The van der Waals surface area contributed by atoms with E-state index in [-0.39, 0.29) is 5.97 Å². The van der Waals surface area contributed by atoms with Gasteiger partial charge in [-0.05, 0) is 31.2 Å². The minimum absolute atomic E-state index is 0.380. The van der Waals surface area contributed by atoms with Crippen LogP contribution in [0.2, 0.25) is 0 Å². The highest BCUT2D eigenvalue weighted by Crippen LogP contribution is 2.19. The van der Waals surface area contributed by atoms with Gasteiger partial charge >= 0.3 is 5.97 Å². The van der Waals surface area contributed by atoms with Crippen molar-refractivity contribution in [2.24, 2.45) is 0 Å². The number of aryl methyl sites for hydroxylation is 1. The molecule has 0 saturated carbocycles. The van der Waals surface area contributed by atoms with Gasteiger partial charge in [-0.15, -0.1) is 0 Å². The zero-order valence-corrected chi connectivity index (χ0v) is 12.3. The quantitative estimate of drug-likeness (QED) is 0.870. The number of hydrogen-bond acceptors (Lipinski definition) is 4. The molecule has 2 rings (SSSR count). The van der Waals surface area contributed by atoms with E-state index < -0.39 is 0 Å². The molecule has 19 heavy (non-hydrogen) atoms. The summed E-state index contributed by atoms with van der Waals surface area (Å²) in [6, 6.07) is 9.53. The Bertz CT molecular complexity index is 592. The fourth-order valence-corrected chi connectivity index (χ4v) is 2.13. The third kappa shape index (κ3) is 3.38. The van der Waals surface area contributed by atoms with Gasteiger partial charge in [-0.3, -0.25) is 0 Å². The second-order valence-electron chi connectivity index (χ2n) is 4.04. The van der Waals surface area contributed by atoms with E-state index in [1.807, 2.05) is 24.3 Å². The van der Waals surface area contributed by atoms with Crippen molar-refractivity contribution in [1.82, 2.24) is 0 Å². The number of carbonyl (C=O) groups is 1. The first kappa shape index (κ1) is 13.7. The lowest BCUT2D eigenvalue weighted by Gasteiger charge is -2.04. The maximum atomic E-state index is 11.5. The van der Waals surface area contributed by atoms with Crippen LogP contribution in [0.4, 0.5) is 5.69 Å². The van der Waals surface area contributed by atoms with Gasteiger partial charge in [-0.25, -0.2) is 4.79 Å². The van der Waals surface area contributed by atoms with Gasteiger partial charge in [0.25, 0.3) is 0 Å². The number of rotatable bonds is 4. The van der Waals surface area contributed by atoms with Crippen molar-refractivity contribution in [2.45, 2.75) is 13.5 Å². The summed E-state index contributed by atoms with van der Waals surface area (Å²) in [6.45, 7) is 2.25. The van der Waals surface area contributed by atoms with Crippen molar-refractivity contribution in [3.63, 3.8) is 0 Å². The molecule has 0 unspecified atom stereocenters. The minimum atomic E-state index is -0.380. The number of anilines is 1. The van der Waals surface area contributed by atoms with E-state index in [1.165, 1.54) is 7.11 Å². The normalized spacial score (nSPS) is 10.3. The van der Waals surface area contributed by atoms with Crippen LogP contribution in [0, 0.1) is 6.92 Å². The Balaban J connectivity index is 2.06. The molecule has 4 nitrogen and oxygen atoms in total. The molecule has 0 atom stereocenters. The zero-order valence-electron chi connectivity index (χ0n) is 10.7. The molecule has 1 aromatic carbocycles. The number of halogens is 1. The maximum Gasteiger partial charge on any atom is 0.341 e. The van der Waals surface area contributed by atoms with Gasteiger partial charge in [0.15, 0.2) is 0 Å². The summed E-state index contributed by atoms with van der Waals surface area (Å²) in [5.74, 6) is 0.880. The molecule has 0 aliphatic rings. The van der Waals surface area contributed by atoms with Crippen LogP contribution in [-0.4, -0.2) is 13.1 Å². The Hall–Kier alpha value is -1.75. The van der Waals surface area contributed by atoms with Gasteiger partial charge in [-0.2, -0.15) is 0 Å². The highest BCUT2D eigenvalue weighted by atomic mass is 79.9. The molecule has 100 valence electrons. The number of ether oxygens (including phenoxy) is 1. The Morgan fingerprint density at radius 1 is 1.42 bits per heavy atom. The number of carbonyl (C=O) groups excluding carboxylic acids is 1. The first-order valence-electron chi connectivity index (χ1n) is 5.77. The van der Waals surface area contributed by atoms with Crippen LogP contribution in [0.1, 0.15) is 21.9 Å². The van der Waals surface area contributed by atoms with E-state index in [2.05, 4.69) is 26.0 Å². The molecule has 0 radical (unpaired) electrons. The highest BCUT2D eigenvalue weighted by molar-refractivity contribution is 9.10. The van der Waals surface area contributed by atoms with Crippen LogP contribution in [0.3, 0.4) is 0 Å². The summed E-state index contributed by atoms with van der Waals surface area (Å²) in [4.78, 5) is 11.5. The smallest absolute Gasteiger partial charge is 0.341 e. The lowest BCUT2D eigenvalue weighted by atomic mass is 10.2. The summed E-state index contributed by atoms with van der Waals surface area (Å²) < 4.78 is 11.2. The van der Waals surface area contributed by atoms with E-state index in [1.54, 1.807) is 13.0 Å². The van der Waals surface area contributed by atoms with Crippen LogP contribution < -0.4 is 5.32 Å². The largest absolute Gasteiger partial charge is 0.465 e. The van der Waals surface area contributed by atoms with Gasteiger partial charge in [0.05, 0.1) is 13.7 Å². The summed E-state index contributed by atoms with van der Waals surface area (Å²) in [5, 5.41) is 3.22. The summed E-state index contributed by atoms with van der Waals surface area (Å²) in [5.41, 5.74) is 1.44. The van der Waals surface area contributed by atoms with Crippen LogP contribution >= 0.6 is 15.9 Å². The number of nitrogens with one attached hydrogen (secondary N) is 1. The van der Waals surface area contributed by atoms with Crippen molar-refractivity contribution in [3.05, 3.63) is 51.9 Å². The second kappa shape index (κ2) is 5.93. The lowest BCUT2D eigenvalue weighted by Crippen LogP contribution is -2.01. The predicted molar refractivity (Wildman–Crippen MR) is 76.3 cm³/mol. The molecule has 0 aliphatic carbocycles.